The van der Waals surface area contributed by atoms with Gasteiger partial charge in [0, 0.05) is 16.9 Å². The van der Waals surface area contributed by atoms with Crippen LogP contribution in [-0.2, 0) is 6.54 Å². The van der Waals surface area contributed by atoms with E-state index >= 15 is 0 Å². The van der Waals surface area contributed by atoms with Crippen molar-refractivity contribution in [3.8, 4) is 11.5 Å². The summed E-state index contributed by atoms with van der Waals surface area (Å²) in [7, 11) is 0. The van der Waals surface area contributed by atoms with E-state index in [1.807, 2.05) is 36.4 Å². The first kappa shape index (κ1) is 13.5. The molecular formula is C16H14ClN3O. The van der Waals surface area contributed by atoms with Crippen LogP contribution in [0.3, 0.4) is 0 Å². The number of anilines is 1. The van der Waals surface area contributed by atoms with Gasteiger partial charge >= 0.3 is 0 Å². The van der Waals surface area contributed by atoms with Gasteiger partial charge in [0.1, 0.15) is 11.5 Å². The average Bonchev–Trinajstić information content (AvgIpc) is 3.02. The standard InChI is InChI=1S/C16H14ClN3O/c17-12-1-5-15(6-2-12)21-16-7-3-13(4-8-16)19-10-14-9-18-11-20-14/h1-9,11,19H,10H2,(H,18,20). The van der Waals surface area contributed by atoms with E-state index in [9.17, 15) is 0 Å². The highest BCUT2D eigenvalue weighted by Crippen LogP contribution is 2.24. The molecule has 2 aromatic carbocycles. The van der Waals surface area contributed by atoms with Crippen LogP contribution in [0.4, 0.5) is 5.69 Å². The minimum Gasteiger partial charge on any atom is -0.457 e. The third-order valence-electron chi connectivity index (χ3n) is 2.94. The second-order valence-electron chi connectivity index (χ2n) is 4.51. The highest BCUT2D eigenvalue weighted by Gasteiger charge is 1.99. The van der Waals surface area contributed by atoms with Crippen molar-refractivity contribution in [1.82, 2.24) is 9.97 Å². The Hall–Kier alpha value is -2.46. The molecule has 0 aliphatic heterocycles. The van der Waals surface area contributed by atoms with Crippen LogP contribution in [-0.4, -0.2) is 9.97 Å². The van der Waals surface area contributed by atoms with E-state index in [1.165, 1.54) is 0 Å². The van der Waals surface area contributed by atoms with Crippen molar-refractivity contribution in [3.05, 3.63) is 71.8 Å². The Morgan fingerprint density at radius 1 is 1.00 bits per heavy atom. The van der Waals surface area contributed by atoms with Crippen LogP contribution < -0.4 is 10.1 Å². The smallest absolute Gasteiger partial charge is 0.127 e. The molecule has 106 valence electrons. The molecule has 3 rings (SSSR count). The Kier molecular flexibility index (Phi) is 4.07. The molecule has 0 saturated carbocycles. The van der Waals surface area contributed by atoms with Crippen LogP contribution in [0.2, 0.25) is 5.02 Å². The lowest BCUT2D eigenvalue weighted by molar-refractivity contribution is 0.483. The van der Waals surface area contributed by atoms with Gasteiger partial charge in [-0.2, -0.15) is 0 Å². The third kappa shape index (κ3) is 3.77. The summed E-state index contributed by atoms with van der Waals surface area (Å²) < 4.78 is 5.74. The van der Waals surface area contributed by atoms with Gasteiger partial charge in [-0.15, -0.1) is 0 Å². The fraction of sp³-hybridized carbons (Fsp3) is 0.0625. The Balaban J connectivity index is 1.59. The summed E-state index contributed by atoms with van der Waals surface area (Å²) in [6.07, 6.45) is 3.46. The maximum Gasteiger partial charge on any atom is 0.127 e. The molecule has 3 aromatic rings. The molecule has 0 bridgehead atoms. The molecule has 0 fully saturated rings. The number of imidazole rings is 1. The molecule has 0 unspecified atom stereocenters. The number of H-pyrrole nitrogens is 1. The molecule has 0 spiro atoms. The van der Waals surface area contributed by atoms with Crippen LogP contribution in [0.25, 0.3) is 0 Å². The van der Waals surface area contributed by atoms with Gasteiger partial charge in [0.05, 0.1) is 18.6 Å². The minimum atomic E-state index is 0.695. The molecule has 4 nitrogen and oxygen atoms in total. The number of benzene rings is 2. The zero-order valence-corrected chi connectivity index (χ0v) is 12.0. The summed E-state index contributed by atoms with van der Waals surface area (Å²) >= 11 is 5.84. The second-order valence-corrected chi connectivity index (χ2v) is 4.95. The fourth-order valence-corrected chi connectivity index (χ4v) is 1.98. The minimum absolute atomic E-state index is 0.695. The molecular weight excluding hydrogens is 286 g/mol. The Morgan fingerprint density at radius 2 is 1.67 bits per heavy atom. The third-order valence-corrected chi connectivity index (χ3v) is 3.19. The van der Waals surface area contributed by atoms with Crippen LogP contribution in [0, 0.1) is 0 Å². The monoisotopic (exact) mass is 299 g/mol. The number of rotatable bonds is 5. The lowest BCUT2D eigenvalue weighted by Gasteiger charge is -2.08. The quantitative estimate of drug-likeness (QED) is 0.731. The first-order chi connectivity index (χ1) is 10.3. The molecule has 5 heteroatoms. The van der Waals surface area contributed by atoms with Crippen LogP contribution >= 0.6 is 11.6 Å². The van der Waals surface area contributed by atoms with Crippen molar-refractivity contribution >= 4 is 17.3 Å². The summed E-state index contributed by atoms with van der Waals surface area (Å²) in [5, 5.41) is 4.00. The summed E-state index contributed by atoms with van der Waals surface area (Å²) in [6, 6.07) is 15.1. The van der Waals surface area contributed by atoms with E-state index in [2.05, 4.69) is 15.3 Å². The molecule has 0 aliphatic rings. The fourth-order valence-electron chi connectivity index (χ4n) is 1.86. The van der Waals surface area contributed by atoms with Gasteiger partial charge in [0.15, 0.2) is 0 Å². The average molecular weight is 300 g/mol. The summed E-state index contributed by atoms with van der Waals surface area (Å²) in [6.45, 7) is 0.706. The molecule has 0 saturated heterocycles. The van der Waals surface area contributed by atoms with E-state index in [0.717, 1.165) is 22.9 Å². The first-order valence-corrected chi connectivity index (χ1v) is 6.92. The van der Waals surface area contributed by atoms with Gasteiger partial charge in [-0.05, 0) is 48.5 Å². The number of hydrogen-bond acceptors (Lipinski definition) is 3. The van der Waals surface area contributed by atoms with Crippen LogP contribution in [0.15, 0.2) is 61.1 Å². The molecule has 0 aliphatic carbocycles. The zero-order chi connectivity index (χ0) is 14.5. The van der Waals surface area contributed by atoms with E-state index in [4.69, 9.17) is 16.3 Å². The summed E-state index contributed by atoms with van der Waals surface area (Å²) in [5.74, 6) is 1.54. The molecule has 1 aromatic heterocycles. The molecule has 0 atom stereocenters. The number of ether oxygens (including phenoxy) is 1. The van der Waals surface area contributed by atoms with Crippen LogP contribution in [0.5, 0.6) is 11.5 Å². The van der Waals surface area contributed by atoms with Gasteiger partial charge in [-0.25, -0.2) is 4.98 Å². The number of aromatic nitrogens is 2. The largest absolute Gasteiger partial charge is 0.457 e. The Bertz CT molecular complexity index is 679. The zero-order valence-electron chi connectivity index (χ0n) is 11.2. The number of nitrogens with one attached hydrogen (secondary N) is 2. The molecule has 0 amide bonds. The van der Waals surface area contributed by atoms with Crippen molar-refractivity contribution < 1.29 is 4.74 Å². The van der Waals surface area contributed by atoms with Crippen molar-refractivity contribution in [2.75, 3.05) is 5.32 Å². The van der Waals surface area contributed by atoms with Gasteiger partial charge in [0.25, 0.3) is 0 Å². The highest BCUT2D eigenvalue weighted by molar-refractivity contribution is 6.30. The van der Waals surface area contributed by atoms with Gasteiger partial charge in [0.2, 0.25) is 0 Å². The van der Waals surface area contributed by atoms with Crippen LogP contribution in [0.1, 0.15) is 5.69 Å². The maximum atomic E-state index is 5.84. The Labute approximate surface area is 127 Å². The van der Waals surface area contributed by atoms with Crippen molar-refractivity contribution in [3.63, 3.8) is 0 Å². The number of nitrogens with zero attached hydrogens (tertiary/aromatic N) is 1. The topological polar surface area (TPSA) is 49.9 Å². The first-order valence-electron chi connectivity index (χ1n) is 6.54. The van der Waals surface area contributed by atoms with E-state index in [-0.39, 0.29) is 0 Å². The predicted octanol–water partition coefficient (Wildman–Crippen LogP) is 4.47. The van der Waals surface area contributed by atoms with Crippen molar-refractivity contribution in [2.24, 2.45) is 0 Å². The van der Waals surface area contributed by atoms with Gasteiger partial charge in [-0.3, -0.25) is 0 Å². The second kappa shape index (κ2) is 6.33. The van der Waals surface area contributed by atoms with E-state index in [1.54, 1.807) is 24.7 Å². The van der Waals surface area contributed by atoms with Gasteiger partial charge < -0.3 is 15.0 Å². The SMILES string of the molecule is Clc1ccc(Oc2ccc(NCc3cnc[nH]3)cc2)cc1. The molecule has 0 radical (unpaired) electrons. The summed E-state index contributed by atoms with van der Waals surface area (Å²) in [4.78, 5) is 7.02. The van der Waals surface area contributed by atoms with Gasteiger partial charge in [-0.1, -0.05) is 11.6 Å². The number of halogens is 1. The van der Waals surface area contributed by atoms with E-state index < -0.39 is 0 Å². The van der Waals surface area contributed by atoms with Crippen molar-refractivity contribution in [1.29, 1.82) is 0 Å². The maximum absolute atomic E-state index is 5.84. The molecule has 21 heavy (non-hydrogen) atoms. The lowest BCUT2D eigenvalue weighted by Crippen LogP contribution is -1.99. The van der Waals surface area contributed by atoms with E-state index in [0.29, 0.717) is 11.6 Å². The number of aromatic amines is 1. The lowest BCUT2D eigenvalue weighted by atomic mass is 10.3. The molecule has 2 N–H and O–H groups in total. The molecule has 1 heterocycles. The summed E-state index contributed by atoms with van der Waals surface area (Å²) in [5.41, 5.74) is 2.06. The highest BCUT2D eigenvalue weighted by atomic mass is 35.5. The Morgan fingerprint density at radius 3 is 2.29 bits per heavy atom. The van der Waals surface area contributed by atoms with Crippen molar-refractivity contribution in [2.45, 2.75) is 6.54 Å². The number of hydrogen-bond donors (Lipinski definition) is 2. The predicted molar refractivity (Wildman–Crippen MR) is 83.9 cm³/mol. The normalized spacial score (nSPS) is 10.3.